The number of thioether (sulfide) groups is 1. The number of aliphatic imine (C=N–C) groups is 1. The second kappa shape index (κ2) is 9.15. The van der Waals surface area contributed by atoms with Crippen LogP contribution in [0.2, 0.25) is 5.02 Å². The number of nitrogens with zero attached hydrogens (tertiary/aromatic N) is 1. The Balaban J connectivity index is 1.51. The van der Waals surface area contributed by atoms with Crippen molar-refractivity contribution < 1.29 is 13.9 Å². The van der Waals surface area contributed by atoms with Gasteiger partial charge in [0.25, 0.3) is 5.91 Å². The highest BCUT2D eigenvalue weighted by atomic mass is 35.5. The van der Waals surface area contributed by atoms with E-state index in [0.717, 1.165) is 11.1 Å². The Morgan fingerprint density at radius 1 is 1.03 bits per heavy atom. The first-order valence-electron chi connectivity index (χ1n) is 9.08. The first-order chi connectivity index (χ1) is 14.6. The Morgan fingerprint density at radius 3 is 2.53 bits per heavy atom. The minimum absolute atomic E-state index is 0.221. The predicted octanol–water partition coefficient (Wildman–Crippen LogP) is 5.95. The van der Waals surface area contributed by atoms with Gasteiger partial charge in [-0.2, -0.15) is 0 Å². The molecule has 1 aliphatic heterocycles. The highest BCUT2D eigenvalue weighted by molar-refractivity contribution is 8.18. The summed E-state index contributed by atoms with van der Waals surface area (Å²) < 4.78 is 19.0. The number of amides is 1. The van der Waals surface area contributed by atoms with Gasteiger partial charge in [-0.1, -0.05) is 41.9 Å². The number of nitrogens with one attached hydrogen (secondary N) is 1. The van der Waals surface area contributed by atoms with Gasteiger partial charge >= 0.3 is 0 Å². The maximum absolute atomic E-state index is 13.1. The third kappa shape index (κ3) is 5.09. The second-order valence-electron chi connectivity index (χ2n) is 6.41. The van der Waals surface area contributed by atoms with Gasteiger partial charge in [0.1, 0.15) is 18.2 Å². The highest BCUT2D eigenvalue weighted by Gasteiger charge is 2.24. The highest BCUT2D eigenvalue weighted by Crippen LogP contribution is 2.31. The zero-order valence-electron chi connectivity index (χ0n) is 15.6. The van der Waals surface area contributed by atoms with Crippen molar-refractivity contribution in [2.24, 2.45) is 4.99 Å². The molecule has 1 saturated heterocycles. The van der Waals surface area contributed by atoms with Crippen LogP contribution < -0.4 is 10.1 Å². The van der Waals surface area contributed by atoms with Gasteiger partial charge in [0.05, 0.1) is 10.6 Å². The topological polar surface area (TPSA) is 50.7 Å². The monoisotopic (exact) mass is 438 g/mol. The van der Waals surface area contributed by atoms with Gasteiger partial charge in [-0.05, 0) is 65.9 Å². The Morgan fingerprint density at radius 2 is 1.77 bits per heavy atom. The van der Waals surface area contributed by atoms with E-state index < -0.39 is 0 Å². The molecule has 0 aromatic heterocycles. The van der Waals surface area contributed by atoms with Crippen molar-refractivity contribution in [1.82, 2.24) is 5.32 Å². The average molecular weight is 439 g/mol. The molecule has 4 nitrogen and oxygen atoms in total. The normalized spacial score (nSPS) is 16.1. The number of hydrogen-bond acceptors (Lipinski definition) is 4. The number of benzene rings is 3. The molecule has 4 rings (SSSR count). The summed E-state index contributed by atoms with van der Waals surface area (Å²) in [6.45, 7) is 0.295. The number of carbonyl (C=O) groups excluding carboxylic acids is 1. The number of halogens is 2. The average Bonchev–Trinajstić information content (AvgIpc) is 3.09. The van der Waals surface area contributed by atoms with Crippen LogP contribution in [0.25, 0.3) is 6.08 Å². The standard InChI is InChI=1S/C23H16ClFN2O2S/c24-17-7-11-19(12-8-17)26-23-27-22(28)21(30-23)13-16-3-1-2-4-20(16)29-14-15-5-9-18(25)10-6-15/h1-13H,14H2,(H,26,27,28)/b21-13-. The van der Waals surface area contributed by atoms with Crippen LogP contribution in [-0.2, 0) is 11.4 Å². The maximum Gasteiger partial charge on any atom is 0.264 e. The fraction of sp³-hybridized carbons (Fsp3) is 0.0435. The van der Waals surface area contributed by atoms with Crippen LogP contribution in [0.15, 0.2) is 82.7 Å². The van der Waals surface area contributed by atoms with Gasteiger partial charge in [0, 0.05) is 10.6 Å². The Bertz CT molecular complexity index is 1130. The zero-order valence-corrected chi connectivity index (χ0v) is 17.2. The minimum Gasteiger partial charge on any atom is -0.488 e. The number of para-hydroxylation sites is 1. The Kier molecular flexibility index (Phi) is 6.16. The summed E-state index contributed by atoms with van der Waals surface area (Å²) in [5.74, 6) is 0.121. The molecule has 7 heteroatoms. The second-order valence-corrected chi connectivity index (χ2v) is 7.88. The molecule has 0 unspecified atom stereocenters. The van der Waals surface area contributed by atoms with E-state index in [9.17, 15) is 9.18 Å². The van der Waals surface area contributed by atoms with Crippen LogP contribution in [0.4, 0.5) is 10.1 Å². The molecule has 0 saturated carbocycles. The smallest absolute Gasteiger partial charge is 0.264 e. The lowest BCUT2D eigenvalue weighted by Crippen LogP contribution is -2.19. The van der Waals surface area contributed by atoms with Gasteiger partial charge in [-0.15, -0.1) is 0 Å². The molecule has 3 aromatic rings. The molecule has 30 heavy (non-hydrogen) atoms. The largest absolute Gasteiger partial charge is 0.488 e. The molecule has 1 amide bonds. The van der Waals surface area contributed by atoms with Crippen LogP contribution >= 0.6 is 23.4 Å². The van der Waals surface area contributed by atoms with Crippen LogP contribution in [0.1, 0.15) is 11.1 Å². The summed E-state index contributed by atoms with van der Waals surface area (Å²) in [7, 11) is 0. The van der Waals surface area contributed by atoms with Crippen LogP contribution in [-0.4, -0.2) is 11.1 Å². The summed E-state index contributed by atoms with van der Waals surface area (Å²) in [6, 6.07) is 20.6. The third-order valence-corrected chi connectivity index (χ3v) is 5.38. The molecule has 150 valence electrons. The molecular formula is C23H16ClFN2O2S. The molecule has 1 aliphatic rings. The van der Waals surface area contributed by atoms with Gasteiger partial charge in [-0.3, -0.25) is 4.79 Å². The number of hydrogen-bond donors (Lipinski definition) is 1. The molecular weight excluding hydrogens is 423 g/mol. The molecule has 1 heterocycles. The molecule has 1 fully saturated rings. The molecule has 0 radical (unpaired) electrons. The lowest BCUT2D eigenvalue weighted by atomic mass is 10.2. The van der Waals surface area contributed by atoms with E-state index in [1.54, 1.807) is 42.5 Å². The first-order valence-corrected chi connectivity index (χ1v) is 10.3. The summed E-state index contributed by atoms with van der Waals surface area (Å²) in [5.41, 5.74) is 2.32. The Labute approximate surface area is 182 Å². The summed E-state index contributed by atoms with van der Waals surface area (Å²) >= 11 is 7.15. The first kappa shape index (κ1) is 20.2. The van der Waals surface area contributed by atoms with Gasteiger partial charge in [0.15, 0.2) is 5.17 Å². The van der Waals surface area contributed by atoms with Crippen molar-refractivity contribution in [2.45, 2.75) is 6.61 Å². The SMILES string of the molecule is O=C1NC(=Nc2ccc(Cl)cc2)S/C1=C\c1ccccc1OCc1ccc(F)cc1. The van der Waals surface area contributed by atoms with E-state index in [1.807, 2.05) is 24.3 Å². The predicted molar refractivity (Wildman–Crippen MR) is 119 cm³/mol. The molecule has 0 atom stereocenters. The maximum atomic E-state index is 13.1. The van der Waals surface area contributed by atoms with E-state index in [2.05, 4.69) is 10.3 Å². The van der Waals surface area contributed by atoms with Gasteiger partial charge < -0.3 is 10.1 Å². The number of amidine groups is 1. The molecule has 0 bridgehead atoms. The van der Waals surface area contributed by atoms with Crippen molar-refractivity contribution >= 4 is 46.2 Å². The van der Waals surface area contributed by atoms with Crippen molar-refractivity contribution in [1.29, 1.82) is 0 Å². The van der Waals surface area contributed by atoms with E-state index in [-0.39, 0.29) is 11.7 Å². The number of ether oxygens (including phenoxy) is 1. The molecule has 0 spiro atoms. The molecule has 3 aromatic carbocycles. The fourth-order valence-electron chi connectivity index (χ4n) is 2.73. The zero-order chi connectivity index (χ0) is 20.9. The fourth-order valence-corrected chi connectivity index (χ4v) is 3.69. The number of carbonyl (C=O) groups is 1. The van der Waals surface area contributed by atoms with Crippen molar-refractivity contribution in [3.8, 4) is 5.75 Å². The van der Waals surface area contributed by atoms with Crippen LogP contribution in [0.5, 0.6) is 5.75 Å². The third-order valence-electron chi connectivity index (χ3n) is 4.22. The van der Waals surface area contributed by atoms with Crippen molar-refractivity contribution in [2.75, 3.05) is 0 Å². The van der Waals surface area contributed by atoms with Crippen LogP contribution in [0.3, 0.4) is 0 Å². The van der Waals surface area contributed by atoms with E-state index >= 15 is 0 Å². The van der Waals surface area contributed by atoms with Crippen LogP contribution in [0, 0.1) is 5.82 Å². The van der Waals surface area contributed by atoms with E-state index in [4.69, 9.17) is 16.3 Å². The summed E-state index contributed by atoms with van der Waals surface area (Å²) in [5, 5.41) is 3.89. The quantitative estimate of drug-likeness (QED) is 0.501. The van der Waals surface area contributed by atoms with E-state index in [1.165, 1.54) is 23.9 Å². The van der Waals surface area contributed by atoms with Gasteiger partial charge in [-0.25, -0.2) is 9.38 Å². The van der Waals surface area contributed by atoms with Crippen molar-refractivity contribution in [3.63, 3.8) is 0 Å². The lowest BCUT2D eigenvalue weighted by Gasteiger charge is -2.09. The molecule has 0 aliphatic carbocycles. The lowest BCUT2D eigenvalue weighted by molar-refractivity contribution is -0.115. The molecule has 1 N–H and O–H groups in total. The summed E-state index contributed by atoms with van der Waals surface area (Å²) in [4.78, 5) is 17.3. The minimum atomic E-state index is -0.288. The summed E-state index contributed by atoms with van der Waals surface area (Å²) in [6.07, 6.45) is 1.77. The Hall–Kier alpha value is -3.09. The van der Waals surface area contributed by atoms with E-state index in [0.29, 0.717) is 33.1 Å². The number of rotatable bonds is 5. The van der Waals surface area contributed by atoms with Crippen molar-refractivity contribution in [3.05, 3.63) is 99.7 Å². The van der Waals surface area contributed by atoms with Gasteiger partial charge in [0.2, 0.25) is 0 Å².